The number of carbonyl (C=O) groups is 3. The van der Waals surface area contributed by atoms with Gasteiger partial charge in [0.05, 0.1) is 16.2 Å². The first kappa shape index (κ1) is 26.5. The number of urea groups is 1. The summed E-state index contributed by atoms with van der Waals surface area (Å²) in [4.78, 5) is 48.9. The molecule has 3 aromatic rings. The summed E-state index contributed by atoms with van der Waals surface area (Å²) < 4.78 is 58.4. The molecule has 0 saturated carbocycles. The first-order chi connectivity index (χ1) is 17.8. The van der Waals surface area contributed by atoms with Gasteiger partial charge in [0.25, 0.3) is 11.8 Å². The van der Waals surface area contributed by atoms with Crippen molar-refractivity contribution >= 4 is 51.2 Å². The van der Waals surface area contributed by atoms with Crippen LogP contribution in [0.15, 0.2) is 70.7 Å². The van der Waals surface area contributed by atoms with E-state index in [0.29, 0.717) is 21.5 Å². The average molecular weight is 594 g/mol. The molecular formula is C24H12BrF4N3O6. The number of anilines is 1. The Labute approximate surface area is 218 Å². The van der Waals surface area contributed by atoms with E-state index < -0.39 is 57.3 Å². The summed E-state index contributed by atoms with van der Waals surface area (Å²) in [5.41, 5.74) is -2.79. The molecule has 1 aliphatic heterocycles. The maximum Gasteiger partial charge on any atom is 0.416 e. The molecule has 1 aliphatic rings. The van der Waals surface area contributed by atoms with E-state index >= 15 is 0 Å². The van der Waals surface area contributed by atoms with Gasteiger partial charge in [0.1, 0.15) is 17.1 Å². The van der Waals surface area contributed by atoms with Crippen LogP contribution in [0.2, 0.25) is 0 Å². The topological polar surface area (TPSA) is 119 Å². The Bertz CT molecular complexity index is 1520. The molecule has 0 aromatic heterocycles. The molecule has 0 radical (unpaired) electrons. The van der Waals surface area contributed by atoms with E-state index in [1.807, 2.05) is 5.32 Å². The van der Waals surface area contributed by atoms with Gasteiger partial charge in [-0.1, -0.05) is 15.9 Å². The SMILES string of the molecule is O=C1NC(=O)N(c2ccc(F)cc2)C(=O)/C1=C/c1cc(Br)ccc1Oc1ccc(C(F)(F)F)cc1[N+](=O)[O-]. The van der Waals surface area contributed by atoms with E-state index in [9.17, 15) is 42.1 Å². The zero-order valence-corrected chi connectivity index (χ0v) is 20.2. The minimum atomic E-state index is -4.83. The molecule has 0 aliphatic carbocycles. The fourth-order valence-electron chi connectivity index (χ4n) is 3.40. The first-order valence-corrected chi connectivity index (χ1v) is 11.1. The molecular weight excluding hydrogens is 582 g/mol. The van der Waals surface area contributed by atoms with E-state index in [0.717, 1.165) is 36.4 Å². The van der Waals surface area contributed by atoms with Crippen LogP contribution in [0.4, 0.5) is 33.7 Å². The van der Waals surface area contributed by atoms with Gasteiger partial charge in [-0.15, -0.1) is 0 Å². The summed E-state index contributed by atoms with van der Waals surface area (Å²) >= 11 is 3.21. The van der Waals surface area contributed by atoms with Crippen molar-refractivity contribution in [1.29, 1.82) is 0 Å². The number of alkyl halides is 3. The number of ether oxygens (including phenoxy) is 1. The summed E-state index contributed by atoms with van der Waals surface area (Å²) in [6.07, 6.45) is -3.80. The maximum atomic E-state index is 13.3. The molecule has 0 atom stereocenters. The Balaban J connectivity index is 1.76. The molecule has 1 fully saturated rings. The monoisotopic (exact) mass is 593 g/mol. The third-order valence-corrected chi connectivity index (χ3v) is 5.65. The normalized spacial score (nSPS) is 15.0. The summed E-state index contributed by atoms with van der Waals surface area (Å²) in [6, 6.07) is 9.05. The third kappa shape index (κ3) is 5.39. The lowest BCUT2D eigenvalue weighted by Crippen LogP contribution is -2.54. The summed E-state index contributed by atoms with van der Waals surface area (Å²) in [5.74, 6) is -3.44. The lowest BCUT2D eigenvalue weighted by Gasteiger charge is -2.26. The number of hydrogen-bond donors (Lipinski definition) is 1. The van der Waals surface area contributed by atoms with Crippen LogP contribution in [-0.2, 0) is 15.8 Å². The quantitative estimate of drug-likeness (QED) is 0.128. The van der Waals surface area contributed by atoms with Crippen molar-refractivity contribution in [2.24, 2.45) is 0 Å². The molecule has 9 nitrogen and oxygen atoms in total. The smallest absolute Gasteiger partial charge is 0.416 e. The van der Waals surface area contributed by atoms with E-state index in [4.69, 9.17) is 4.74 Å². The highest BCUT2D eigenvalue weighted by Crippen LogP contribution is 2.39. The zero-order valence-electron chi connectivity index (χ0n) is 18.6. The van der Waals surface area contributed by atoms with Crippen LogP contribution < -0.4 is 15.0 Å². The lowest BCUT2D eigenvalue weighted by atomic mass is 10.1. The molecule has 0 unspecified atom stereocenters. The summed E-state index contributed by atoms with van der Waals surface area (Å²) in [6.45, 7) is 0. The van der Waals surface area contributed by atoms with E-state index in [1.165, 1.54) is 18.2 Å². The van der Waals surface area contributed by atoms with E-state index in [1.54, 1.807) is 0 Å². The Morgan fingerprint density at radius 1 is 0.974 bits per heavy atom. The lowest BCUT2D eigenvalue weighted by molar-refractivity contribution is -0.385. The van der Waals surface area contributed by atoms with E-state index in [2.05, 4.69) is 15.9 Å². The predicted octanol–water partition coefficient (Wildman–Crippen LogP) is 5.97. The molecule has 3 aromatic carbocycles. The minimum Gasteiger partial charge on any atom is -0.449 e. The van der Waals surface area contributed by atoms with Crippen molar-refractivity contribution in [3.63, 3.8) is 0 Å². The maximum absolute atomic E-state index is 13.3. The van der Waals surface area contributed by atoms with Crippen LogP contribution in [0.5, 0.6) is 11.5 Å². The first-order valence-electron chi connectivity index (χ1n) is 10.3. The van der Waals surface area contributed by atoms with E-state index in [-0.39, 0.29) is 17.0 Å². The highest BCUT2D eigenvalue weighted by atomic mass is 79.9. The second-order valence-electron chi connectivity index (χ2n) is 7.66. The fraction of sp³-hybridized carbons (Fsp3) is 0.0417. The number of barbiturate groups is 1. The molecule has 194 valence electrons. The number of nitro benzene ring substituents is 1. The number of imide groups is 2. The highest BCUT2D eigenvalue weighted by Gasteiger charge is 2.37. The van der Waals surface area contributed by atoms with Crippen molar-refractivity contribution in [1.82, 2.24) is 5.32 Å². The van der Waals surface area contributed by atoms with Crippen molar-refractivity contribution in [2.75, 3.05) is 4.90 Å². The highest BCUT2D eigenvalue weighted by molar-refractivity contribution is 9.10. The van der Waals surface area contributed by atoms with Crippen molar-refractivity contribution < 1.29 is 41.6 Å². The molecule has 0 bridgehead atoms. The third-order valence-electron chi connectivity index (χ3n) is 5.16. The van der Waals surface area contributed by atoms with Crippen LogP contribution in [0.1, 0.15) is 11.1 Å². The molecule has 1 N–H and O–H groups in total. The number of hydrogen-bond acceptors (Lipinski definition) is 6. The van der Waals surface area contributed by atoms with Gasteiger partial charge in [0, 0.05) is 16.1 Å². The Morgan fingerprint density at radius 3 is 2.26 bits per heavy atom. The van der Waals surface area contributed by atoms with Crippen LogP contribution in [-0.4, -0.2) is 22.8 Å². The van der Waals surface area contributed by atoms with Crippen molar-refractivity contribution in [3.8, 4) is 11.5 Å². The van der Waals surface area contributed by atoms with Gasteiger partial charge >= 0.3 is 17.9 Å². The van der Waals surface area contributed by atoms with Gasteiger partial charge in [0.15, 0.2) is 0 Å². The Kier molecular flexibility index (Phi) is 7.00. The van der Waals surface area contributed by atoms with Gasteiger partial charge in [-0.3, -0.25) is 25.0 Å². The van der Waals surface area contributed by atoms with Gasteiger partial charge < -0.3 is 4.74 Å². The molecule has 4 rings (SSSR count). The minimum absolute atomic E-state index is 0.0143. The fourth-order valence-corrected chi connectivity index (χ4v) is 3.78. The Hall–Kier alpha value is -4.59. The number of nitrogens with zero attached hydrogens (tertiary/aromatic N) is 2. The van der Waals surface area contributed by atoms with Crippen LogP contribution >= 0.6 is 15.9 Å². The van der Waals surface area contributed by atoms with Crippen molar-refractivity contribution in [2.45, 2.75) is 6.18 Å². The summed E-state index contributed by atoms with van der Waals surface area (Å²) in [7, 11) is 0. The molecule has 0 spiro atoms. The molecule has 4 amide bonds. The number of carbonyl (C=O) groups excluding carboxylic acids is 3. The predicted molar refractivity (Wildman–Crippen MR) is 128 cm³/mol. The number of nitro groups is 1. The Morgan fingerprint density at radius 2 is 1.63 bits per heavy atom. The van der Waals surface area contributed by atoms with Crippen LogP contribution in [0, 0.1) is 15.9 Å². The largest absolute Gasteiger partial charge is 0.449 e. The number of halogens is 5. The standard InChI is InChI=1S/C24H12BrF4N3O6/c25-14-2-8-19(38-20-7-1-13(24(27,28)29)11-18(20)32(36)37)12(9-14)10-17-21(33)30-23(35)31(22(17)34)16-5-3-15(26)4-6-16/h1-11H,(H,30,33,35)/b17-10+. The van der Waals surface area contributed by atoms with Gasteiger partial charge in [-0.2, -0.15) is 13.2 Å². The molecule has 14 heteroatoms. The molecule has 1 heterocycles. The van der Waals surface area contributed by atoms with Gasteiger partial charge in [-0.05, 0) is 60.7 Å². The second kappa shape index (κ2) is 10.0. The number of rotatable bonds is 5. The summed E-state index contributed by atoms with van der Waals surface area (Å²) in [5, 5.41) is 13.4. The van der Waals surface area contributed by atoms with Crippen molar-refractivity contribution in [3.05, 3.63) is 97.8 Å². The van der Waals surface area contributed by atoms with Gasteiger partial charge in [0.2, 0.25) is 5.75 Å². The molecule has 38 heavy (non-hydrogen) atoms. The van der Waals surface area contributed by atoms with Crippen LogP contribution in [0.3, 0.4) is 0 Å². The zero-order chi connectivity index (χ0) is 27.8. The second-order valence-corrected chi connectivity index (χ2v) is 8.57. The number of benzene rings is 3. The number of amides is 4. The number of nitrogens with one attached hydrogen (secondary N) is 1. The van der Waals surface area contributed by atoms with Gasteiger partial charge in [-0.25, -0.2) is 14.1 Å². The van der Waals surface area contributed by atoms with Crippen LogP contribution in [0.25, 0.3) is 6.08 Å². The molecule has 1 saturated heterocycles. The average Bonchev–Trinajstić information content (AvgIpc) is 2.83.